The highest BCUT2D eigenvalue weighted by atomic mass is 32.2. The number of nitrogens with one attached hydrogen (secondary N) is 1. The van der Waals surface area contributed by atoms with Crippen molar-refractivity contribution < 1.29 is 9.90 Å². The SMILES string of the molecule is CSCCCC(=O)NC(CCO)C1CC1. The minimum Gasteiger partial charge on any atom is -0.396 e. The van der Waals surface area contributed by atoms with Crippen LogP contribution in [0.1, 0.15) is 32.1 Å². The van der Waals surface area contributed by atoms with Crippen LogP contribution in [0.25, 0.3) is 0 Å². The molecule has 1 aliphatic rings. The first-order chi connectivity index (χ1) is 7.27. The summed E-state index contributed by atoms with van der Waals surface area (Å²) in [5, 5.41) is 11.9. The van der Waals surface area contributed by atoms with Crippen LogP contribution in [0.4, 0.5) is 0 Å². The van der Waals surface area contributed by atoms with Crippen LogP contribution in [0, 0.1) is 5.92 Å². The van der Waals surface area contributed by atoms with E-state index in [2.05, 4.69) is 11.6 Å². The van der Waals surface area contributed by atoms with Gasteiger partial charge >= 0.3 is 0 Å². The molecule has 0 aromatic rings. The maximum atomic E-state index is 11.5. The quantitative estimate of drug-likeness (QED) is 0.621. The maximum Gasteiger partial charge on any atom is 0.220 e. The fourth-order valence-corrected chi connectivity index (χ4v) is 2.15. The molecule has 0 aliphatic heterocycles. The number of hydrogen-bond donors (Lipinski definition) is 2. The second kappa shape index (κ2) is 7.12. The molecular formula is C11H21NO2S. The Bertz CT molecular complexity index is 195. The van der Waals surface area contributed by atoms with E-state index in [1.807, 2.05) is 0 Å². The van der Waals surface area contributed by atoms with E-state index in [4.69, 9.17) is 5.11 Å². The summed E-state index contributed by atoms with van der Waals surface area (Å²) in [6.45, 7) is 0.173. The monoisotopic (exact) mass is 231 g/mol. The van der Waals surface area contributed by atoms with Crippen molar-refractivity contribution in [1.29, 1.82) is 0 Å². The molecule has 0 heterocycles. The summed E-state index contributed by atoms with van der Waals surface area (Å²) in [5.74, 6) is 1.82. The first kappa shape index (κ1) is 12.8. The lowest BCUT2D eigenvalue weighted by Gasteiger charge is -2.16. The maximum absolute atomic E-state index is 11.5. The van der Waals surface area contributed by atoms with Gasteiger partial charge in [-0.25, -0.2) is 0 Å². The fraction of sp³-hybridized carbons (Fsp3) is 0.909. The van der Waals surface area contributed by atoms with Gasteiger partial charge in [-0.05, 0) is 43.6 Å². The lowest BCUT2D eigenvalue weighted by molar-refractivity contribution is -0.122. The molecule has 88 valence electrons. The highest BCUT2D eigenvalue weighted by Gasteiger charge is 2.31. The van der Waals surface area contributed by atoms with Crippen LogP contribution in [-0.2, 0) is 4.79 Å². The van der Waals surface area contributed by atoms with Gasteiger partial charge in [0.2, 0.25) is 5.91 Å². The Morgan fingerprint density at radius 1 is 1.60 bits per heavy atom. The van der Waals surface area contributed by atoms with Gasteiger partial charge in [0, 0.05) is 19.1 Å². The van der Waals surface area contributed by atoms with Crippen LogP contribution in [0.15, 0.2) is 0 Å². The first-order valence-corrected chi connectivity index (χ1v) is 7.06. The van der Waals surface area contributed by atoms with E-state index in [1.54, 1.807) is 11.8 Å². The molecule has 0 aromatic heterocycles. The first-order valence-electron chi connectivity index (χ1n) is 5.67. The van der Waals surface area contributed by atoms with Crippen molar-refractivity contribution in [3.8, 4) is 0 Å². The zero-order chi connectivity index (χ0) is 11.1. The molecule has 2 N–H and O–H groups in total. The van der Waals surface area contributed by atoms with Crippen molar-refractivity contribution in [3.63, 3.8) is 0 Å². The highest BCUT2D eigenvalue weighted by molar-refractivity contribution is 7.98. The van der Waals surface area contributed by atoms with Crippen LogP contribution in [-0.4, -0.2) is 35.7 Å². The number of carbonyl (C=O) groups excluding carboxylic acids is 1. The zero-order valence-corrected chi connectivity index (χ0v) is 10.2. The summed E-state index contributed by atoms with van der Waals surface area (Å²) >= 11 is 1.77. The third kappa shape index (κ3) is 5.42. The van der Waals surface area contributed by atoms with E-state index < -0.39 is 0 Å². The molecule has 1 aliphatic carbocycles. The van der Waals surface area contributed by atoms with Gasteiger partial charge in [-0.3, -0.25) is 4.79 Å². The van der Waals surface area contributed by atoms with E-state index in [0.717, 1.165) is 12.2 Å². The third-order valence-corrected chi connectivity index (χ3v) is 3.43. The molecule has 0 bridgehead atoms. The Hall–Kier alpha value is -0.220. The molecule has 15 heavy (non-hydrogen) atoms. The molecule has 1 atom stereocenters. The van der Waals surface area contributed by atoms with E-state index in [-0.39, 0.29) is 18.6 Å². The van der Waals surface area contributed by atoms with Crippen molar-refractivity contribution in [3.05, 3.63) is 0 Å². The number of aliphatic hydroxyl groups is 1. The van der Waals surface area contributed by atoms with Crippen LogP contribution in [0.5, 0.6) is 0 Å². The number of rotatable bonds is 8. The number of aliphatic hydroxyl groups excluding tert-OH is 1. The number of thioether (sulfide) groups is 1. The Labute approximate surface area is 96.0 Å². The lowest BCUT2D eigenvalue weighted by atomic mass is 10.1. The molecule has 1 saturated carbocycles. The van der Waals surface area contributed by atoms with E-state index in [0.29, 0.717) is 18.8 Å². The molecule has 0 aromatic carbocycles. The predicted octanol–water partition coefficient (Wildman–Crippen LogP) is 1.41. The fourth-order valence-electron chi connectivity index (χ4n) is 1.72. The molecular weight excluding hydrogens is 210 g/mol. The van der Waals surface area contributed by atoms with E-state index >= 15 is 0 Å². The standard InChI is InChI=1S/C11H21NO2S/c1-15-8-2-3-11(14)12-10(6-7-13)9-4-5-9/h9-10,13H,2-8H2,1H3,(H,12,14). The molecule has 1 rings (SSSR count). The van der Waals surface area contributed by atoms with E-state index in [9.17, 15) is 4.79 Å². The Kier molecular flexibility index (Phi) is 6.10. The zero-order valence-electron chi connectivity index (χ0n) is 9.37. The Balaban J connectivity index is 2.15. The average Bonchev–Trinajstić information content (AvgIpc) is 3.01. The predicted molar refractivity (Wildman–Crippen MR) is 64.0 cm³/mol. The largest absolute Gasteiger partial charge is 0.396 e. The molecule has 0 saturated heterocycles. The molecule has 4 heteroatoms. The second-order valence-corrected chi connectivity index (χ2v) is 5.11. The van der Waals surface area contributed by atoms with Crippen molar-refractivity contribution in [2.24, 2.45) is 5.92 Å². The summed E-state index contributed by atoms with van der Waals surface area (Å²) in [6.07, 6.45) is 6.74. The van der Waals surface area contributed by atoms with Crippen LogP contribution in [0.2, 0.25) is 0 Å². The Morgan fingerprint density at radius 3 is 2.87 bits per heavy atom. The van der Waals surface area contributed by atoms with Crippen molar-refractivity contribution in [2.45, 2.75) is 38.1 Å². The minimum absolute atomic E-state index is 0.148. The third-order valence-electron chi connectivity index (χ3n) is 2.73. The molecule has 0 radical (unpaired) electrons. The van der Waals surface area contributed by atoms with Crippen molar-refractivity contribution in [2.75, 3.05) is 18.6 Å². The van der Waals surface area contributed by atoms with Crippen LogP contribution < -0.4 is 5.32 Å². The van der Waals surface area contributed by atoms with Crippen molar-refractivity contribution >= 4 is 17.7 Å². The van der Waals surface area contributed by atoms with Crippen molar-refractivity contribution in [1.82, 2.24) is 5.32 Å². The van der Waals surface area contributed by atoms with Gasteiger partial charge in [-0.15, -0.1) is 0 Å². The topological polar surface area (TPSA) is 49.3 Å². The minimum atomic E-state index is 0.148. The summed E-state index contributed by atoms with van der Waals surface area (Å²) in [6, 6.07) is 0.219. The van der Waals surface area contributed by atoms with Gasteiger partial charge in [-0.2, -0.15) is 11.8 Å². The summed E-state index contributed by atoms with van der Waals surface area (Å²) in [4.78, 5) is 11.5. The van der Waals surface area contributed by atoms with Gasteiger partial charge in [0.25, 0.3) is 0 Å². The highest BCUT2D eigenvalue weighted by Crippen LogP contribution is 2.33. The Morgan fingerprint density at radius 2 is 2.33 bits per heavy atom. The van der Waals surface area contributed by atoms with Crippen LogP contribution in [0.3, 0.4) is 0 Å². The van der Waals surface area contributed by atoms with Gasteiger partial charge in [0.15, 0.2) is 0 Å². The molecule has 3 nitrogen and oxygen atoms in total. The number of carbonyl (C=O) groups is 1. The lowest BCUT2D eigenvalue weighted by Crippen LogP contribution is -2.37. The second-order valence-electron chi connectivity index (χ2n) is 4.12. The van der Waals surface area contributed by atoms with E-state index in [1.165, 1.54) is 12.8 Å². The number of amides is 1. The molecule has 1 amide bonds. The summed E-state index contributed by atoms with van der Waals surface area (Å²) in [5.41, 5.74) is 0. The van der Waals surface area contributed by atoms with Gasteiger partial charge < -0.3 is 10.4 Å². The molecule has 1 fully saturated rings. The van der Waals surface area contributed by atoms with Crippen LogP contribution >= 0.6 is 11.8 Å². The smallest absolute Gasteiger partial charge is 0.220 e. The summed E-state index contributed by atoms with van der Waals surface area (Å²) in [7, 11) is 0. The molecule has 0 spiro atoms. The average molecular weight is 231 g/mol. The van der Waals surface area contributed by atoms with Gasteiger partial charge in [-0.1, -0.05) is 0 Å². The number of hydrogen-bond acceptors (Lipinski definition) is 3. The van der Waals surface area contributed by atoms with Gasteiger partial charge in [0.1, 0.15) is 0 Å². The summed E-state index contributed by atoms with van der Waals surface area (Å²) < 4.78 is 0. The normalized spacial score (nSPS) is 17.5. The van der Waals surface area contributed by atoms with Gasteiger partial charge in [0.05, 0.1) is 0 Å². The molecule has 1 unspecified atom stereocenters.